The number of carbonyl (C=O) groups is 3. The smallest absolute Gasteiger partial charge is 0.246 e. The molecule has 0 spiro atoms. The molecule has 2 fully saturated rings. The number of ether oxygens (including phenoxy) is 1. The van der Waals surface area contributed by atoms with Crippen LogP contribution in [0.3, 0.4) is 0 Å². The maximum absolute atomic E-state index is 14.0. The average Bonchev–Trinajstić information content (AvgIpc) is 3.60. The highest BCUT2D eigenvalue weighted by Gasteiger charge is 2.44. The third-order valence-electron chi connectivity index (χ3n) is 8.78. The van der Waals surface area contributed by atoms with Gasteiger partial charge in [-0.05, 0) is 60.9 Å². The number of nitrogens with two attached hydrogens (primary N) is 1. The van der Waals surface area contributed by atoms with Crippen LogP contribution in [0.4, 0.5) is 0 Å². The van der Waals surface area contributed by atoms with Gasteiger partial charge in [-0.2, -0.15) is 0 Å². The lowest BCUT2D eigenvalue weighted by Crippen LogP contribution is -2.58. The number of hydrogen-bond donors (Lipinski definition) is 4. The van der Waals surface area contributed by atoms with Gasteiger partial charge >= 0.3 is 0 Å². The molecule has 46 heavy (non-hydrogen) atoms. The molecule has 5 N–H and O–H groups in total. The molecule has 1 aliphatic heterocycles. The zero-order valence-electron chi connectivity index (χ0n) is 27.2. The van der Waals surface area contributed by atoms with Crippen molar-refractivity contribution in [3.8, 4) is 16.2 Å². The summed E-state index contributed by atoms with van der Waals surface area (Å²) in [5, 5.41) is 16.5. The lowest BCUT2D eigenvalue weighted by molar-refractivity contribution is -0.144. The van der Waals surface area contributed by atoms with Gasteiger partial charge in [0.15, 0.2) is 0 Å². The molecule has 4 atom stereocenters. The first-order valence-electron chi connectivity index (χ1n) is 15.9. The first-order valence-corrected chi connectivity index (χ1v) is 16.8. The van der Waals surface area contributed by atoms with Gasteiger partial charge in [0.1, 0.15) is 23.9 Å². The summed E-state index contributed by atoms with van der Waals surface area (Å²) in [6.07, 6.45) is 1.17. The Hall–Kier alpha value is -3.80. The molecule has 3 amide bonds. The van der Waals surface area contributed by atoms with Crippen molar-refractivity contribution in [3.63, 3.8) is 0 Å². The number of nitrogens with zero attached hydrogens (tertiary/aromatic N) is 2. The maximum atomic E-state index is 14.0. The van der Waals surface area contributed by atoms with E-state index in [0.29, 0.717) is 0 Å². The Balaban J connectivity index is 1.21. The molecule has 3 aromatic rings. The van der Waals surface area contributed by atoms with Gasteiger partial charge < -0.3 is 31.1 Å². The number of hydrogen-bond acceptors (Lipinski definition) is 8. The summed E-state index contributed by atoms with van der Waals surface area (Å²) < 4.78 is 5.90. The minimum atomic E-state index is -0.897. The summed E-state index contributed by atoms with van der Waals surface area (Å²) in [5.74, 6) is -0.307. The normalized spacial score (nSPS) is 22.5. The fraction of sp³-hybridized carbons (Fsp3) is 0.486. The van der Waals surface area contributed by atoms with Crippen LogP contribution in [0.5, 0.6) is 5.75 Å². The molecule has 1 saturated heterocycles. The van der Waals surface area contributed by atoms with E-state index < -0.39 is 29.5 Å². The minimum absolute atomic E-state index is 0.0179. The predicted octanol–water partition coefficient (Wildman–Crippen LogP) is 3.90. The molecule has 0 bridgehead atoms. The fourth-order valence-corrected chi connectivity index (χ4v) is 6.81. The molecular weight excluding hydrogens is 602 g/mol. The van der Waals surface area contributed by atoms with E-state index in [9.17, 15) is 19.5 Å². The number of benzene rings is 2. The topological polar surface area (TPSA) is 147 Å². The van der Waals surface area contributed by atoms with Crippen molar-refractivity contribution in [3.05, 3.63) is 70.9 Å². The van der Waals surface area contributed by atoms with Crippen LogP contribution in [0.15, 0.2) is 54.0 Å². The molecule has 5 rings (SSSR count). The van der Waals surface area contributed by atoms with Gasteiger partial charge in [0.25, 0.3) is 0 Å². The van der Waals surface area contributed by atoms with E-state index in [4.69, 9.17) is 10.5 Å². The second-order valence-electron chi connectivity index (χ2n) is 13.7. The third kappa shape index (κ3) is 7.94. The Morgan fingerprint density at radius 3 is 2.33 bits per heavy atom. The van der Waals surface area contributed by atoms with Crippen LogP contribution in [-0.2, 0) is 20.8 Å². The first-order chi connectivity index (χ1) is 21.8. The van der Waals surface area contributed by atoms with Crippen molar-refractivity contribution in [2.45, 2.75) is 96.7 Å². The van der Waals surface area contributed by atoms with Crippen LogP contribution in [0.1, 0.15) is 69.8 Å². The highest BCUT2D eigenvalue weighted by Crippen LogP contribution is 2.30. The average molecular weight is 648 g/mol. The lowest BCUT2D eigenvalue weighted by Gasteiger charge is -2.35. The molecular formula is C35H45N5O5S. The monoisotopic (exact) mass is 647 g/mol. The van der Waals surface area contributed by atoms with Gasteiger partial charge in [-0.1, -0.05) is 57.2 Å². The Morgan fingerprint density at radius 2 is 1.74 bits per heavy atom. The molecule has 0 unspecified atom stereocenters. The Morgan fingerprint density at radius 1 is 1.07 bits per heavy atom. The van der Waals surface area contributed by atoms with E-state index >= 15 is 0 Å². The van der Waals surface area contributed by atoms with Crippen molar-refractivity contribution in [2.75, 3.05) is 6.54 Å². The van der Waals surface area contributed by atoms with Crippen LogP contribution in [-0.4, -0.2) is 69.6 Å². The summed E-state index contributed by atoms with van der Waals surface area (Å²) in [6, 6.07) is 13.5. The molecule has 1 saturated carbocycles. The number of amides is 3. The molecule has 2 aliphatic rings. The summed E-state index contributed by atoms with van der Waals surface area (Å²) in [6.45, 7) is 9.50. The Bertz CT molecular complexity index is 1530. The number of likely N-dealkylation sites (tertiary alicyclic amines) is 1. The number of rotatable bonds is 10. The van der Waals surface area contributed by atoms with Crippen LogP contribution in [0.25, 0.3) is 10.4 Å². The zero-order chi connectivity index (χ0) is 33.2. The number of aryl methyl sites for hydroxylation is 1. The van der Waals surface area contributed by atoms with Crippen molar-refractivity contribution < 1.29 is 24.2 Å². The number of nitrogens with one attached hydrogen (secondary N) is 2. The van der Waals surface area contributed by atoms with Crippen LogP contribution in [0.2, 0.25) is 0 Å². The Kier molecular flexibility index (Phi) is 10.1. The third-order valence-corrected chi connectivity index (χ3v) is 9.76. The van der Waals surface area contributed by atoms with Gasteiger partial charge in [-0.15, -0.1) is 11.3 Å². The highest BCUT2D eigenvalue weighted by molar-refractivity contribution is 7.13. The van der Waals surface area contributed by atoms with Crippen molar-refractivity contribution in [1.29, 1.82) is 0 Å². The van der Waals surface area contributed by atoms with Gasteiger partial charge in [-0.3, -0.25) is 14.4 Å². The van der Waals surface area contributed by atoms with Crippen molar-refractivity contribution in [2.24, 2.45) is 11.1 Å². The SMILES string of the molecule is Cc1ncsc1-c1ccc([C@H](C)NC(=O)[C@@H]2C[C@@H](O)CN2C(=O)[C@@H](NC(=O)Cc2ccc(O[C@H]3C[C@H](N)C3)cc2)C(C)(C)C)cc1. The second-order valence-corrected chi connectivity index (χ2v) is 14.5. The first kappa shape index (κ1) is 33.6. The molecule has 11 heteroatoms. The van der Waals surface area contributed by atoms with Gasteiger partial charge in [0, 0.05) is 19.0 Å². The Labute approximate surface area is 274 Å². The lowest BCUT2D eigenvalue weighted by atomic mass is 9.85. The molecule has 1 aromatic heterocycles. The molecule has 2 heterocycles. The number of aliphatic hydroxyl groups excluding tert-OH is 1. The second kappa shape index (κ2) is 13.9. The predicted molar refractivity (Wildman–Crippen MR) is 178 cm³/mol. The van der Waals surface area contributed by atoms with E-state index in [2.05, 4.69) is 15.6 Å². The summed E-state index contributed by atoms with van der Waals surface area (Å²) in [4.78, 5) is 47.5. The number of carbonyl (C=O) groups excluding carboxylic acids is 3. The van der Waals surface area contributed by atoms with Crippen LogP contribution >= 0.6 is 11.3 Å². The number of aliphatic hydroxyl groups is 1. The van der Waals surface area contributed by atoms with E-state index in [0.717, 1.165) is 45.9 Å². The molecule has 0 radical (unpaired) electrons. The van der Waals surface area contributed by atoms with Gasteiger partial charge in [0.2, 0.25) is 17.7 Å². The van der Waals surface area contributed by atoms with E-state index in [1.807, 2.05) is 88.7 Å². The maximum Gasteiger partial charge on any atom is 0.246 e. The van der Waals surface area contributed by atoms with Crippen LogP contribution < -0.4 is 21.1 Å². The summed E-state index contributed by atoms with van der Waals surface area (Å²) in [7, 11) is 0. The van der Waals surface area contributed by atoms with E-state index in [-0.39, 0.29) is 49.4 Å². The highest BCUT2D eigenvalue weighted by atomic mass is 32.1. The number of thiazole rings is 1. The number of aromatic nitrogens is 1. The van der Waals surface area contributed by atoms with Crippen molar-refractivity contribution in [1.82, 2.24) is 20.5 Å². The number of β-amino-alcohol motifs (C(OH)–C–C–N with tert-alkyl or cyclic N) is 1. The van der Waals surface area contributed by atoms with Gasteiger partial charge in [0.05, 0.1) is 34.6 Å². The standard InChI is InChI=1S/C35H45N5O5S/c1-20(23-8-10-24(11-9-23)31-21(2)37-19-46-31)38-33(43)29-17-26(41)18-40(29)34(44)32(35(3,4)5)39-30(42)14-22-6-12-27(13-7-22)45-28-15-25(36)16-28/h6-13,19-20,25-26,28-29,32,41H,14-18,36H2,1-5H3,(H,38,43)(H,39,42)/t20-,25-,26+,28-,29-,32+/m0/s1. The van der Waals surface area contributed by atoms with E-state index in [1.54, 1.807) is 11.3 Å². The quantitative estimate of drug-likeness (QED) is 0.261. The summed E-state index contributed by atoms with van der Waals surface area (Å²) in [5.41, 5.74) is 10.8. The van der Waals surface area contributed by atoms with Crippen LogP contribution in [0, 0.1) is 12.3 Å². The summed E-state index contributed by atoms with van der Waals surface area (Å²) >= 11 is 1.58. The molecule has 246 valence electrons. The molecule has 1 aliphatic carbocycles. The minimum Gasteiger partial charge on any atom is -0.490 e. The largest absolute Gasteiger partial charge is 0.490 e. The molecule has 2 aromatic carbocycles. The zero-order valence-corrected chi connectivity index (χ0v) is 28.0. The van der Waals surface area contributed by atoms with Crippen molar-refractivity contribution >= 4 is 29.1 Å². The van der Waals surface area contributed by atoms with E-state index in [1.165, 1.54) is 4.90 Å². The molecule has 10 nitrogen and oxygen atoms in total. The van der Waals surface area contributed by atoms with Gasteiger partial charge in [-0.25, -0.2) is 4.98 Å². The fourth-order valence-electron chi connectivity index (χ4n) is 5.99.